The minimum atomic E-state index is 0.210. The average Bonchev–Trinajstić information content (AvgIpc) is 2.48. The van der Waals surface area contributed by atoms with E-state index in [1.165, 1.54) is 0 Å². The number of nitrogens with zero attached hydrogens (tertiary/aromatic N) is 1. The molecule has 2 rings (SSSR count). The Labute approximate surface area is 121 Å². The van der Waals surface area contributed by atoms with Gasteiger partial charge in [-0.15, -0.1) is 0 Å². The van der Waals surface area contributed by atoms with Gasteiger partial charge in [-0.3, -0.25) is 9.78 Å². The second kappa shape index (κ2) is 7.18. The fraction of sp³-hybridized carbons (Fsp3) is 0.444. The predicted octanol–water partition coefficient (Wildman–Crippen LogP) is 4.56. The second-order valence-electron chi connectivity index (χ2n) is 5.38. The highest BCUT2D eigenvalue weighted by Crippen LogP contribution is 2.21. The van der Waals surface area contributed by atoms with Gasteiger partial charge in [0.25, 0.3) is 0 Å². The van der Waals surface area contributed by atoms with Crippen LogP contribution in [-0.2, 0) is 11.2 Å². The maximum atomic E-state index is 12.5. The molecule has 0 aliphatic carbocycles. The normalized spacial score (nSPS) is 12.5. The lowest BCUT2D eigenvalue weighted by Crippen LogP contribution is -2.16. The number of pyridine rings is 1. The van der Waals surface area contributed by atoms with Crippen LogP contribution >= 0.6 is 0 Å². The second-order valence-corrected chi connectivity index (χ2v) is 5.38. The van der Waals surface area contributed by atoms with Gasteiger partial charge in [-0.2, -0.15) is 0 Å². The molecular formula is C18H23NO. The number of carbonyl (C=O) groups excluding carboxylic acids is 1. The lowest BCUT2D eigenvalue weighted by molar-refractivity contribution is -0.122. The molecule has 1 aromatic carbocycles. The molecule has 1 unspecified atom stereocenters. The summed E-state index contributed by atoms with van der Waals surface area (Å²) in [6.45, 7) is 4.29. The van der Waals surface area contributed by atoms with Gasteiger partial charge < -0.3 is 0 Å². The van der Waals surface area contributed by atoms with Gasteiger partial charge >= 0.3 is 0 Å². The summed E-state index contributed by atoms with van der Waals surface area (Å²) in [4.78, 5) is 16.8. The molecule has 0 radical (unpaired) electrons. The van der Waals surface area contributed by atoms with E-state index in [2.05, 4.69) is 24.9 Å². The molecule has 0 spiro atoms. The van der Waals surface area contributed by atoms with Crippen molar-refractivity contribution in [3.63, 3.8) is 0 Å². The van der Waals surface area contributed by atoms with E-state index in [4.69, 9.17) is 0 Å². The Balaban J connectivity index is 2.17. The first-order valence-electron chi connectivity index (χ1n) is 7.61. The number of unbranched alkanes of at least 4 members (excludes halogenated alkanes) is 1. The highest BCUT2D eigenvalue weighted by atomic mass is 16.1. The van der Waals surface area contributed by atoms with Crippen molar-refractivity contribution in [2.75, 3.05) is 0 Å². The topological polar surface area (TPSA) is 30.0 Å². The van der Waals surface area contributed by atoms with E-state index in [0.717, 1.165) is 42.1 Å². The number of aromatic nitrogens is 1. The molecule has 106 valence electrons. The SMILES string of the molecule is CCCCC(CC)C(=O)Cc1ccnc2ccccc12. The van der Waals surface area contributed by atoms with Crippen molar-refractivity contribution in [2.45, 2.75) is 46.0 Å². The molecule has 1 heterocycles. The van der Waals surface area contributed by atoms with Gasteiger partial charge in [0.2, 0.25) is 0 Å². The summed E-state index contributed by atoms with van der Waals surface area (Å²) in [5, 5.41) is 1.11. The molecule has 2 heteroatoms. The highest BCUT2D eigenvalue weighted by Gasteiger charge is 2.17. The fourth-order valence-electron chi connectivity index (χ4n) is 2.68. The van der Waals surface area contributed by atoms with E-state index in [1.54, 1.807) is 6.20 Å². The van der Waals surface area contributed by atoms with Crippen molar-refractivity contribution in [3.05, 3.63) is 42.1 Å². The van der Waals surface area contributed by atoms with Crippen molar-refractivity contribution < 1.29 is 4.79 Å². The number of Topliss-reactive ketones (excluding diaryl/α,β-unsaturated/α-hetero) is 1. The van der Waals surface area contributed by atoms with E-state index in [-0.39, 0.29) is 5.92 Å². The van der Waals surface area contributed by atoms with Crippen molar-refractivity contribution in [1.82, 2.24) is 4.98 Å². The number of hydrogen-bond acceptors (Lipinski definition) is 2. The van der Waals surface area contributed by atoms with Crippen LogP contribution in [0.25, 0.3) is 10.9 Å². The predicted molar refractivity (Wildman–Crippen MR) is 83.8 cm³/mol. The monoisotopic (exact) mass is 269 g/mol. The molecule has 0 saturated carbocycles. The van der Waals surface area contributed by atoms with Crippen LogP contribution in [-0.4, -0.2) is 10.8 Å². The molecule has 2 aromatic rings. The number of fused-ring (bicyclic) bond motifs is 1. The zero-order chi connectivity index (χ0) is 14.4. The maximum Gasteiger partial charge on any atom is 0.140 e. The van der Waals surface area contributed by atoms with Crippen molar-refractivity contribution in [1.29, 1.82) is 0 Å². The van der Waals surface area contributed by atoms with E-state index < -0.39 is 0 Å². The van der Waals surface area contributed by atoms with Crippen LogP contribution in [0.1, 0.15) is 45.1 Å². The Hall–Kier alpha value is -1.70. The number of carbonyl (C=O) groups is 1. The van der Waals surface area contributed by atoms with Gasteiger partial charge in [0.15, 0.2) is 0 Å². The molecule has 1 aromatic heterocycles. The quantitative estimate of drug-likeness (QED) is 0.737. The standard InChI is InChI=1S/C18H23NO/c1-3-5-8-14(4-2)18(20)13-15-11-12-19-17-10-7-6-9-16(15)17/h6-7,9-12,14H,3-5,8,13H2,1-2H3. The molecule has 1 atom stereocenters. The number of hydrogen-bond donors (Lipinski definition) is 0. The van der Waals surface area contributed by atoms with Gasteiger partial charge in [0.1, 0.15) is 5.78 Å². The molecule has 0 aliphatic heterocycles. The van der Waals surface area contributed by atoms with Gasteiger partial charge in [0, 0.05) is 23.9 Å². The number of para-hydroxylation sites is 1. The maximum absolute atomic E-state index is 12.5. The van der Waals surface area contributed by atoms with Crippen LogP contribution in [0.5, 0.6) is 0 Å². The summed E-state index contributed by atoms with van der Waals surface area (Å²) in [6.07, 6.45) is 6.60. The summed E-state index contributed by atoms with van der Waals surface area (Å²) in [5.74, 6) is 0.583. The zero-order valence-corrected chi connectivity index (χ0v) is 12.4. The first-order valence-corrected chi connectivity index (χ1v) is 7.61. The van der Waals surface area contributed by atoms with E-state index in [1.807, 2.05) is 24.3 Å². The molecular weight excluding hydrogens is 246 g/mol. The molecule has 20 heavy (non-hydrogen) atoms. The smallest absolute Gasteiger partial charge is 0.140 e. The zero-order valence-electron chi connectivity index (χ0n) is 12.4. The molecule has 0 bridgehead atoms. The Bertz CT molecular complexity index is 571. The van der Waals surface area contributed by atoms with E-state index >= 15 is 0 Å². The first kappa shape index (κ1) is 14.7. The van der Waals surface area contributed by atoms with Crippen molar-refractivity contribution >= 4 is 16.7 Å². The third-order valence-corrected chi connectivity index (χ3v) is 3.96. The van der Waals surface area contributed by atoms with E-state index in [9.17, 15) is 4.79 Å². The summed E-state index contributed by atoms with van der Waals surface area (Å²) in [6, 6.07) is 10.0. The third kappa shape index (κ3) is 3.44. The minimum Gasteiger partial charge on any atom is -0.299 e. The van der Waals surface area contributed by atoms with Crippen LogP contribution in [0.15, 0.2) is 36.5 Å². The number of rotatable bonds is 7. The summed E-state index contributed by atoms with van der Waals surface area (Å²) in [5.41, 5.74) is 2.08. The molecule has 0 aliphatic rings. The van der Waals surface area contributed by atoms with Gasteiger partial charge in [0.05, 0.1) is 5.52 Å². The Kier molecular flexibility index (Phi) is 5.28. The van der Waals surface area contributed by atoms with Crippen LogP contribution in [0.4, 0.5) is 0 Å². The molecule has 2 nitrogen and oxygen atoms in total. The fourth-order valence-corrected chi connectivity index (χ4v) is 2.68. The first-order chi connectivity index (χ1) is 9.76. The van der Waals surface area contributed by atoms with Crippen molar-refractivity contribution in [3.8, 4) is 0 Å². The lowest BCUT2D eigenvalue weighted by Gasteiger charge is -2.14. The summed E-state index contributed by atoms with van der Waals surface area (Å²) in [7, 11) is 0. The Morgan fingerprint density at radius 2 is 2.00 bits per heavy atom. The average molecular weight is 269 g/mol. The van der Waals surface area contributed by atoms with Crippen molar-refractivity contribution in [2.24, 2.45) is 5.92 Å². The third-order valence-electron chi connectivity index (χ3n) is 3.96. The minimum absolute atomic E-state index is 0.210. The number of benzene rings is 1. The van der Waals surface area contributed by atoms with Crippen LogP contribution in [0.2, 0.25) is 0 Å². The molecule has 0 amide bonds. The lowest BCUT2D eigenvalue weighted by atomic mass is 9.90. The number of ketones is 1. The molecule has 0 fully saturated rings. The van der Waals surface area contributed by atoms with Crippen LogP contribution < -0.4 is 0 Å². The van der Waals surface area contributed by atoms with Gasteiger partial charge in [-0.25, -0.2) is 0 Å². The Morgan fingerprint density at radius 3 is 2.75 bits per heavy atom. The highest BCUT2D eigenvalue weighted by molar-refractivity contribution is 5.89. The van der Waals surface area contributed by atoms with Crippen LogP contribution in [0, 0.1) is 5.92 Å². The summed E-state index contributed by atoms with van der Waals surface area (Å²) < 4.78 is 0. The van der Waals surface area contributed by atoms with E-state index in [0.29, 0.717) is 12.2 Å². The Morgan fingerprint density at radius 1 is 1.20 bits per heavy atom. The van der Waals surface area contributed by atoms with Crippen LogP contribution in [0.3, 0.4) is 0 Å². The van der Waals surface area contributed by atoms with Gasteiger partial charge in [-0.05, 0) is 30.5 Å². The largest absolute Gasteiger partial charge is 0.299 e. The van der Waals surface area contributed by atoms with Gasteiger partial charge in [-0.1, -0.05) is 44.9 Å². The molecule has 0 saturated heterocycles. The summed E-state index contributed by atoms with van der Waals surface area (Å²) >= 11 is 0. The molecule has 0 N–H and O–H groups in total.